The number of hydrogen-bond donors (Lipinski definition) is 2. The van der Waals surface area contributed by atoms with Crippen molar-refractivity contribution in [2.75, 3.05) is 36.6 Å². The van der Waals surface area contributed by atoms with Crippen LogP contribution >= 0.6 is 0 Å². The number of nitrogens with zero attached hydrogens (tertiary/aromatic N) is 4. The maximum absolute atomic E-state index is 13.1. The van der Waals surface area contributed by atoms with Gasteiger partial charge in [-0.2, -0.15) is 5.10 Å². The molecule has 0 radical (unpaired) electrons. The summed E-state index contributed by atoms with van der Waals surface area (Å²) in [5.41, 5.74) is 2.82. The molecule has 0 spiro atoms. The van der Waals surface area contributed by atoms with Crippen molar-refractivity contribution in [3.05, 3.63) is 30.6 Å². The summed E-state index contributed by atoms with van der Waals surface area (Å²) in [5.74, 6) is 0. The van der Waals surface area contributed by atoms with E-state index in [1.54, 1.807) is 26.7 Å². The van der Waals surface area contributed by atoms with E-state index in [4.69, 9.17) is 14.6 Å². The molecule has 1 fully saturated rings. The molecule has 2 N–H and O–H groups in total. The zero-order valence-corrected chi connectivity index (χ0v) is 18.4. The average molecular weight is 444 g/mol. The summed E-state index contributed by atoms with van der Waals surface area (Å²) in [7, 11) is 1.34. The lowest BCUT2D eigenvalue weighted by molar-refractivity contribution is 0.0659. The van der Waals surface area contributed by atoms with Gasteiger partial charge in [-0.05, 0) is 50.4 Å². The molecular weight excluding hydrogens is 414 g/mol. The minimum absolute atomic E-state index is 0.00783. The standard InChI is InChI=1S/C22H29N5O5/c1-15-13-26(21(29)32-20-5-3-4-8-23-20)19-11-16(17-12-24-25(14-17)9-10-28)6-7-18(19)27(15)22(30)31-2/h6-7,11-12,14-15,20,23,28H,3-5,8-10,13H2,1-2H3. The van der Waals surface area contributed by atoms with Crippen molar-refractivity contribution in [3.8, 4) is 11.1 Å². The highest BCUT2D eigenvalue weighted by molar-refractivity contribution is 6.01. The summed E-state index contributed by atoms with van der Waals surface area (Å²) in [5, 5.41) is 16.6. The maximum Gasteiger partial charge on any atom is 0.416 e. The Balaban J connectivity index is 1.69. The maximum atomic E-state index is 13.1. The lowest BCUT2D eigenvalue weighted by Crippen LogP contribution is -2.53. The van der Waals surface area contributed by atoms with E-state index in [1.807, 2.05) is 25.3 Å². The van der Waals surface area contributed by atoms with Gasteiger partial charge in [0.25, 0.3) is 0 Å². The molecule has 10 nitrogen and oxygen atoms in total. The molecule has 0 aliphatic carbocycles. The van der Waals surface area contributed by atoms with Gasteiger partial charge in [0, 0.05) is 11.8 Å². The molecule has 2 aliphatic heterocycles. The Hall–Kier alpha value is -3.11. The van der Waals surface area contributed by atoms with Crippen LogP contribution in [0, 0.1) is 0 Å². The van der Waals surface area contributed by atoms with Gasteiger partial charge in [-0.1, -0.05) is 6.07 Å². The SMILES string of the molecule is COC(=O)N1c2ccc(-c3cnn(CCO)c3)cc2N(C(=O)OC2CCCCN2)CC1C. The molecule has 2 atom stereocenters. The summed E-state index contributed by atoms with van der Waals surface area (Å²) in [6, 6.07) is 5.24. The van der Waals surface area contributed by atoms with Crippen molar-refractivity contribution in [1.29, 1.82) is 0 Å². The van der Waals surface area contributed by atoms with Crippen molar-refractivity contribution in [3.63, 3.8) is 0 Å². The first-order chi connectivity index (χ1) is 15.5. The van der Waals surface area contributed by atoms with Crippen LogP contribution in [-0.4, -0.2) is 66.1 Å². The van der Waals surface area contributed by atoms with Crippen molar-refractivity contribution in [2.24, 2.45) is 0 Å². The first-order valence-electron chi connectivity index (χ1n) is 10.9. The van der Waals surface area contributed by atoms with Gasteiger partial charge in [-0.15, -0.1) is 0 Å². The van der Waals surface area contributed by atoms with Crippen molar-refractivity contribution >= 4 is 23.6 Å². The number of aromatic nitrogens is 2. The average Bonchev–Trinajstić information content (AvgIpc) is 3.27. The smallest absolute Gasteiger partial charge is 0.416 e. The van der Waals surface area contributed by atoms with Crippen molar-refractivity contribution in [2.45, 2.75) is 45.0 Å². The molecule has 1 aromatic heterocycles. The number of carbonyl (C=O) groups is 2. The number of rotatable bonds is 4. The number of nitrogens with one attached hydrogen (secondary N) is 1. The third-order valence-electron chi connectivity index (χ3n) is 5.81. The Kier molecular flexibility index (Phi) is 6.61. The summed E-state index contributed by atoms with van der Waals surface area (Å²) in [6.07, 6.45) is 5.15. The molecule has 2 unspecified atom stereocenters. The summed E-state index contributed by atoms with van der Waals surface area (Å²) in [6.45, 7) is 3.35. The molecule has 0 saturated carbocycles. The minimum Gasteiger partial charge on any atom is -0.452 e. The van der Waals surface area contributed by atoms with E-state index in [9.17, 15) is 9.59 Å². The summed E-state index contributed by atoms with van der Waals surface area (Å²) in [4.78, 5) is 28.8. The van der Waals surface area contributed by atoms with Gasteiger partial charge >= 0.3 is 12.2 Å². The molecule has 2 amide bonds. The van der Waals surface area contributed by atoms with E-state index in [0.29, 0.717) is 17.9 Å². The van der Waals surface area contributed by atoms with Crippen LogP contribution in [0.3, 0.4) is 0 Å². The number of fused-ring (bicyclic) bond motifs is 1. The normalized spacial score (nSPS) is 20.6. The van der Waals surface area contributed by atoms with Crippen LogP contribution in [0.1, 0.15) is 26.2 Å². The van der Waals surface area contributed by atoms with E-state index < -0.39 is 12.2 Å². The van der Waals surface area contributed by atoms with Gasteiger partial charge in [-0.3, -0.25) is 19.8 Å². The highest BCUT2D eigenvalue weighted by Crippen LogP contribution is 2.39. The molecule has 32 heavy (non-hydrogen) atoms. The number of aliphatic hydroxyl groups is 1. The molecule has 1 saturated heterocycles. The molecule has 2 aromatic rings. The predicted octanol–water partition coefficient (Wildman–Crippen LogP) is 2.56. The number of ether oxygens (including phenoxy) is 2. The third-order valence-corrected chi connectivity index (χ3v) is 5.81. The highest BCUT2D eigenvalue weighted by atomic mass is 16.6. The van der Waals surface area contributed by atoms with Crippen LogP contribution in [0.2, 0.25) is 0 Å². The molecular formula is C22H29N5O5. The molecule has 3 heterocycles. The van der Waals surface area contributed by atoms with Crippen LogP contribution in [0.15, 0.2) is 30.6 Å². The number of carbonyl (C=O) groups excluding carboxylic acids is 2. The Morgan fingerprint density at radius 2 is 2.06 bits per heavy atom. The second-order valence-electron chi connectivity index (χ2n) is 8.04. The fraction of sp³-hybridized carbons (Fsp3) is 0.500. The van der Waals surface area contributed by atoms with Gasteiger partial charge < -0.3 is 14.6 Å². The minimum atomic E-state index is -0.482. The Morgan fingerprint density at radius 1 is 1.22 bits per heavy atom. The van der Waals surface area contributed by atoms with Crippen molar-refractivity contribution in [1.82, 2.24) is 15.1 Å². The number of amides is 2. The van der Waals surface area contributed by atoms with Crippen molar-refractivity contribution < 1.29 is 24.2 Å². The summed E-state index contributed by atoms with van der Waals surface area (Å²) >= 11 is 0. The Bertz CT molecular complexity index is 971. The first kappa shape index (κ1) is 22.1. The van der Waals surface area contributed by atoms with Crippen LogP contribution in [0.25, 0.3) is 11.1 Å². The first-order valence-corrected chi connectivity index (χ1v) is 10.9. The van der Waals surface area contributed by atoms with Gasteiger partial charge in [0.1, 0.15) is 0 Å². The molecule has 172 valence electrons. The largest absolute Gasteiger partial charge is 0.452 e. The quantitative estimate of drug-likeness (QED) is 0.747. The zero-order valence-electron chi connectivity index (χ0n) is 18.4. The topological polar surface area (TPSA) is 109 Å². The van der Waals surface area contributed by atoms with Crippen LogP contribution in [0.5, 0.6) is 0 Å². The molecule has 1 aromatic carbocycles. The Morgan fingerprint density at radius 3 is 2.78 bits per heavy atom. The van der Waals surface area contributed by atoms with E-state index in [2.05, 4.69) is 10.4 Å². The number of aliphatic hydroxyl groups excluding tert-OH is 1. The molecule has 4 rings (SSSR count). The Labute approximate surface area is 186 Å². The van der Waals surface area contributed by atoms with E-state index in [0.717, 1.165) is 36.9 Å². The molecule has 2 aliphatic rings. The van der Waals surface area contributed by atoms with E-state index in [-0.39, 0.29) is 25.4 Å². The van der Waals surface area contributed by atoms with Crippen LogP contribution in [0.4, 0.5) is 21.0 Å². The third kappa shape index (κ3) is 4.42. The van der Waals surface area contributed by atoms with Gasteiger partial charge in [0.15, 0.2) is 6.23 Å². The van der Waals surface area contributed by atoms with Gasteiger partial charge in [-0.25, -0.2) is 9.59 Å². The second-order valence-corrected chi connectivity index (χ2v) is 8.04. The summed E-state index contributed by atoms with van der Waals surface area (Å²) < 4.78 is 12.4. The van der Waals surface area contributed by atoms with E-state index >= 15 is 0 Å². The lowest BCUT2D eigenvalue weighted by atomic mass is 10.0. The number of anilines is 2. The number of piperidine rings is 1. The van der Waals surface area contributed by atoms with Crippen LogP contribution < -0.4 is 15.1 Å². The van der Waals surface area contributed by atoms with E-state index in [1.165, 1.54) is 7.11 Å². The molecule has 0 bridgehead atoms. The highest BCUT2D eigenvalue weighted by Gasteiger charge is 2.37. The lowest BCUT2D eigenvalue weighted by Gasteiger charge is -2.40. The second kappa shape index (κ2) is 9.58. The monoisotopic (exact) mass is 443 g/mol. The number of methoxy groups -OCH3 is 1. The number of benzene rings is 1. The molecule has 10 heteroatoms. The van der Waals surface area contributed by atoms with Gasteiger partial charge in [0.2, 0.25) is 0 Å². The fourth-order valence-electron chi connectivity index (χ4n) is 4.20. The zero-order chi connectivity index (χ0) is 22.7. The van der Waals surface area contributed by atoms with Crippen LogP contribution in [-0.2, 0) is 16.0 Å². The number of hydrogen-bond acceptors (Lipinski definition) is 7. The fourth-order valence-corrected chi connectivity index (χ4v) is 4.20. The predicted molar refractivity (Wildman–Crippen MR) is 119 cm³/mol. The van der Waals surface area contributed by atoms with Gasteiger partial charge in [0.05, 0.1) is 50.4 Å².